The van der Waals surface area contributed by atoms with Gasteiger partial charge in [0.05, 0.1) is 6.04 Å². The maximum Gasteiger partial charge on any atom is 0.251 e. The fourth-order valence-electron chi connectivity index (χ4n) is 2.75. The zero-order valence-corrected chi connectivity index (χ0v) is 13.3. The van der Waals surface area contributed by atoms with Gasteiger partial charge >= 0.3 is 0 Å². The number of nitrogens with one attached hydrogen (secondary N) is 1. The number of aryl methyl sites for hydroxylation is 1. The molecule has 102 valence electrons. The van der Waals surface area contributed by atoms with E-state index in [1.54, 1.807) is 0 Å². The van der Waals surface area contributed by atoms with Gasteiger partial charge in [0, 0.05) is 9.13 Å². The summed E-state index contributed by atoms with van der Waals surface area (Å²) >= 11 is 2.24. The van der Waals surface area contributed by atoms with Crippen molar-refractivity contribution in [2.45, 2.75) is 25.3 Å². The molecular weight excluding hydrogens is 361 g/mol. The maximum atomic E-state index is 12.3. The minimum Gasteiger partial charge on any atom is -0.345 e. The highest BCUT2D eigenvalue weighted by Gasteiger charge is 2.21. The predicted molar refractivity (Wildman–Crippen MR) is 88.7 cm³/mol. The lowest BCUT2D eigenvalue weighted by molar-refractivity contribution is 0.0932. The van der Waals surface area contributed by atoms with E-state index in [-0.39, 0.29) is 11.9 Å². The summed E-state index contributed by atoms with van der Waals surface area (Å²) in [5.41, 5.74) is 3.37. The zero-order valence-electron chi connectivity index (χ0n) is 11.1. The van der Waals surface area contributed by atoms with Gasteiger partial charge in [0.1, 0.15) is 0 Å². The molecule has 0 radical (unpaired) electrons. The molecule has 0 aromatic heterocycles. The van der Waals surface area contributed by atoms with Crippen LogP contribution in [0.1, 0.15) is 40.4 Å². The molecule has 1 aliphatic carbocycles. The van der Waals surface area contributed by atoms with E-state index in [0.29, 0.717) is 0 Å². The van der Waals surface area contributed by atoms with Crippen LogP contribution in [-0.4, -0.2) is 5.91 Å². The summed E-state index contributed by atoms with van der Waals surface area (Å²) in [6, 6.07) is 16.3. The molecule has 0 fully saturated rings. The summed E-state index contributed by atoms with van der Waals surface area (Å²) in [4.78, 5) is 12.3. The average Bonchev–Trinajstić information content (AvgIpc) is 2.48. The van der Waals surface area contributed by atoms with Gasteiger partial charge in [-0.3, -0.25) is 4.79 Å². The van der Waals surface area contributed by atoms with E-state index < -0.39 is 0 Å². The minimum absolute atomic E-state index is 0.0168. The molecule has 0 saturated heterocycles. The SMILES string of the molecule is O=C(N[C@@H]1CCCc2ccccc21)c1ccc(I)cc1. The number of benzene rings is 2. The monoisotopic (exact) mass is 377 g/mol. The van der Waals surface area contributed by atoms with Crippen molar-refractivity contribution in [3.63, 3.8) is 0 Å². The van der Waals surface area contributed by atoms with Gasteiger partial charge in [-0.25, -0.2) is 0 Å². The fourth-order valence-corrected chi connectivity index (χ4v) is 3.11. The number of rotatable bonds is 2. The normalized spacial score (nSPS) is 17.4. The van der Waals surface area contributed by atoms with E-state index in [9.17, 15) is 4.79 Å². The number of hydrogen-bond acceptors (Lipinski definition) is 1. The van der Waals surface area contributed by atoms with Gasteiger partial charge in [-0.2, -0.15) is 0 Å². The molecule has 20 heavy (non-hydrogen) atoms. The summed E-state index contributed by atoms with van der Waals surface area (Å²) in [5.74, 6) is 0.0168. The first kappa shape index (κ1) is 13.6. The van der Waals surface area contributed by atoms with Gasteiger partial charge in [0.15, 0.2) is 0 Å². The number of halogens is 1. The standard InChI is InChI=1S/C17H16INO/c18-14-10-8-13(9-11-14)17(20)19-16-7-3-5-12-4-1-2-6-15(12)16/h1-2,4,6,8-11,16H,3,5,7H2,(H,19,20)/t16-/m1/s1. The van der Waals surface area contributed by atoms with Crippen molar-refractivity contribution in [2.24, 2.45) is 0 Å². The minimum atomic E-state index is 0.0168. The van der Waals surface area contributed by atoms with E-state index in [1.165, 1.54) is 11.1 Å². The quantitative estimate of drug-likeness (QED) is 0.785. The Morgan fingerprint density at radius 3 is 2.65 bits per heavy atom. The average molecular weight is 377 g/mol. The smallest absolute Gasteiger partial charge is 0.251 e. The van der Waals surface area contributed by atoms with Gasteiger partial charge in [0.25, 0.3) is 5.91 Å². The van der Waals surface area contributed by atoms with Gasteiger partial charge < -0.3 is 5.32 Å². The number of carbonyl (C=O) groups excluding carboxylic acids is 1. The first-order valence-electron chi connectivity index (χ1n) is 6.88. The van der Waals surface area contributed by atoms with Gasteiger partial charge in [0.2, 0.25) is 0 Å². The second kappa shape index (κ2) is 5.95. The van der Waals surface area contributed by atoms with Crippen LogP contribution in [0.25, 0.3) is 0 Å². The topological polar surface area (TPSA) is 29.1 Å². The molecule has 1 N–H and O–H groups in total. The predicted octanol–water partition coefficient (Wildman–Crippen LogP) is 4.10. The van der Waals surface area contributed by atoms with E-state index in [1.807, 2.05) is 30.3 Å². The molecule has 3 heteroatoms. The Balaban J connectivity index is 1.79. The number of hydrogen-bond donors (Lipinski definition) is 1. The summed E-state index contributed by atoms with van der Waals surface area (Å²) in [5, 5.41) is 3.17. The Hall–Kier alpha value is -1.36. The highest BCUT2D eigenvalue weighted by atomic mass is 127. The molecule has 2 aromatic carbocycles. The van der Waals surface area contributed by atoms with Crippen LogP contribution in [0.2, 0.25) is 0 Å². The molecule has 1 aliphatic rings. The Bertz CT molecular complexity index is 621. The van der Waals surface area contributed by atoms with Crippen molar-refractivity contribution >= 4 is 28.5 Å². The van der Waals surface area contributed by atoms with E-state index in [0.717, 1.165) is 28.4 Å². The Morgan fingerprint density at radius 1 is 1.10 bits per heavy atom. The summed E-state index contributed by atoms with van der Waals surface area (Å²) < 4.78 is 1.14. The van der Waals surface area contributed by atoms with Crippen molar-refractivity contribution in [1.82, 2.24) is 5.32 Å². The third-order valence-corrected chi connectivity index (χ3v) is 4.50. The highest BCUT2D eigenvalue weighted by molar-refractivity contribution is 14.1. The van der Waals surface area contributed by atoms with Crippen LogP contribution in [0.3, 0.4) is 0 Å². The van der Waals surface area contributed by atoms with E-state index in [2.05, 4.69) is 46.1 Å². The number of amides is 1. The molecule has 1 atom stereocenters. The van der Waals surface area contributed by atoms with Crippen LogP contribution in [0.15, 0.2) is 48.5 Å². The molecule has 2 aromatic rings. The van der Waals surface area contributed by atoms with Crippen molar-refractivity contribution in [3.05, 3.63) is 68.8 Å². The molecule has 3 rings (SSSR count). The molecule has 0 spiro atoms. The number of fused-ring (bicyclic) bond motifs is 1. The first-order chi connectivity index (χ1) is 9.74. The summed E-state index contributed by atoms with van der Waals surface area (Å²) in [6.45, 7) is 0. The molecule has 1 amide bonds. The third-order valence-electron chi connectivity index (χ3n) is 3.78. The molecule has 0 saturated carbocycles. The van der Waals surface area contributed by atoms with Crippen LogP contribution in [0.4, 0.5) is 0 Å². The van der Waals surface area contributed by atoms with Gasteiger partial charge in [-0.15, -0.1) is 0 Å². The van der Waals surface area contributed by atoms with Crippen LogP contribution in [0, 0.1) is 3.57 Å². The van der Waals surface area contributed by atoms with Crippen molar-refractivity contribution < 1.29 is 4.79 Å². The molecular formula is C17H16INO. The molecule has 2 nitrogen and oxygen atoms in total. The number of carbonyl (C=O) groups is 1. The van der Waals surface area contributed by atoms with Crippen molar-refractivity contribution in [2.75, 3.05) is 0 Å². The van der Waals surface area contributed by atoms with Crippen LogP contribution in [-0.2, 0) is 6.42 Å². The third kappa shape index (κ3) is 2.87. The van der Waals surface area contributed by atoms with Crippen molar-refractivity contribution in [3.8, 4) is 0 Å². The second-order valence-corrected chi connectivity index (χ2v) is 6.37. The lowest BCUT2D eigenvalue weighted by atomic mass is 9.87. The molecule has 0 bridgehead atoms. The zero-order chi connectivity index (χ0) is 13.9. The lowest BCUT2D eigenvalue weighted by Crippen LogP contribution is -2.30. The Morgan fingerprint density at radius 2 is 1.85 bits per heavy atom. The summed E-state index contributed by atoms with van der Waals surface area (Å²) in [6.07, 6.45) is 3.27. The van der Waals surface area contributed by atoms with Gasteiger partial charge in [-0.1, -0.05) is 24.3 Å². The molecule has 0 unspecified atom stereocenters. The lowest BCUT2D eigenvalue weighted by Gasteiger charge is -2.26. The second-order valence-electron chi connectivity index (χ2n) is 5.12. The van der Waals surface area contributed by atoms with E-state index in [4.69, 9.17) is 0 Å². The van der Waals surface area contributed by atoms with Crippen LogP contribution in [0.5, 0.6) is 0 Å². The van der Waals surface area contributed by atoms with Crippen LogP contribution >= 0.6 is 22.6 Å². The molecule has 0 heterocycles. The Labute approximate surface area is 132 Å². The fraction of sp³-hybridized carbons (Fsp3) is 0.235. The highest BCUT2D eigenvalue weighted by Crippen LogP contribution is 2.29. The van der Waals surface area contributed by atoms with E-state index >= 15 is 0 Å². The summed E-state index contributed by atoms with van der Waals surface area (Å²) in [7, 11) is 0. The largest absolute Gasteiger partial charge is 0.345 e. The Kier molecular flexibility index (Phi) is 4.05. The van der Waals surface area contributed by atoms with Crippen molar-refractivity contribution in [1.29, 1.82) is 0 Å². The first-order valence-corrected chi connectivity index (χ1v) is 7.96. The molecule has 0 aliphatic heterocycles. The van der Waals surface area contributed by atoms with Gasteiger partial charge in [-0.05, 0) is 77.2 Å². The maximum absolute atomic E-state index is 12.3. The van der Waals surface area contributed by atoms with Crippen LogP contribution < -0.4 is 5.32 Å².